The van der Waals surface area contributed by atoms with Crippen LogP contribution < -0.4 is 11.1 Å². The number of carbonyl (C=O) groups is 1. The Labute approximate surface area is 107 Å². The first-order valence-corrected chi connectivity index (χ1v) is 5.90. The average molecular weight is 304 g/mol. The maximum Gasteiger partial charge on any atom is 0.256 e. The van der Waals surface area contributed by atoms with E-state index in [2.05, 4.69) is 26.4 Å². The number of nitrogens with one attached hydrogen (secondary N) is 1. The standard InChI is InChI=1S/C10H14BrN3O3/c1-2-3-7(9(12)14-16)13-10(15)6-4-5-17-8(6)11/h4-5,7,16H,2-3H2,1H3,(H2,12,14)(H,13,15). The van der Waals surface area contributed by atoms with Crippen molar-refractivity contribution in [3.05, 3.63) is 22.6 Å². The Morgan fingerprint density at radius 2 is 2.47 bits per heavy atom. The number of oxime groups is 1. The third kappa shape index (κ3) is 3.48. The Morgan fingerprint density at radius 3 is 2.94 bits per heavy atom. The summed E-state index contributed by atoms with van der Waals surface area (Å²) in [6, 6.07) is 1.05. The maximum absolute atomic E-state index is 11.8. The lowest BCUT2D eigenvalue weighted by atomic mass is 10.1. The van der Waals surface area contributed by atoms with E-state index in [1.54, 1.807) is 0 Å². The van der Waals surface area contributed by atoms with Crippen molar-refractivity contribution in [1.29, 1.82) is 0 Å². The van der Waals surface area contributed by atoms with Crippen molar-refractivity contribution in [2.45, 2.75) is 25.8 Å². The number of hydrogen-bond acceptors (Lipinski definition) is 4. The van der Waals surface area contributed by atoms with Crippen molar-refractivity contribution in [2.75, 3.05) is 0 Å². The second kappa shape index (κ2) is 6.29. The van der Waals surface area contributed by atoms with Gasteiger partial charge in [0.1, 0.15) is 0 Å². The second-order valence-electron chi connectivity index (χ2n) is 3.45. The molecule has 4 N–H and O–H groups in total. The molecule has 0 aromatic carbocycles. The topological polar surface area (TPSA) is 101 Å². The molecule has 1 heterocycles. The molecule has 17 heavy (non-hydrogen) atoms. The molecule has 1 amide bonds. The molecular weight excluding hydrogens is 290 g/mol. The zero-order valence-electron chi connectivity index (χ0n) is 9.31. The maximum atomic E-state index is 11.8. The molecule has 0 spiro atoms. The first-order chi connectivity index (χ1) is 8.10. The lowest BCUT2D eigenvalue weighted by molar-refractivity contribution is 0.0943. The smallest absolute Gasteiger partial charge is 0.256 e. The number of amides is 1. The van der Waals surface area contributed by atoms with Gasteiger partial charge in [-0.05, 0) is 28.4 Å². The van der Waals surface area contributed by atoms with E-state index in [1.165, 1.54) is 12.3 Å². The lowest BCUT2D eigenvalue weighted by Gasteiger charge is -2.15. The molecule has 1 atom stereocenters. The largest absolute Gasteiger partial charge is 0.457 e. The number of hydrogen-bond donors (Lipinski definition) is 3. The van der Waals surface area contributed by atoms with Gasteiger partial charge in [0.25, 0.3) is 5.91 Å². The summed E-state index contributed by atoms with van der Waals surface area (Å²) in [4.78, 5) is 11.8. The SMILES string of the molecule is CCCC(NC(=O)c1ccoc1Br)/C(N)=N/O. The molecule has 0 aliphatic rings. The van der Waals surface area contributed by atoms with Crippen LogP contribution >= 0.6 is 15.9 Å². The van der Waals surface area contributed by atoms with Gasteiger partial charge in [-0.25, -0.2) is 0 Å². The van der Waals surface area contributed by atoms with Crippen LogP contribution in [0, 0.1) is 0 Å². The van der Waals surface area contributed by atoms with Gasteiger partial charge in [0.2, 0.25) is 0 Å². The summed E-state index contributed by atoms with van der Waals surface area (Å²) in [6.07, 6.45) is 2.79. The van der Waals surface area contributed by atoms with E-state index < -0.39 is 6.04 Å². The summed E-state index contributed by atoms with van der Waals surface area (Å²) >= 11 is 3.11. The van der Waals surface area contributed by atoms with Gasteiger partial charge < -0.3 is 20.7 Å². The number of furan rings is 1. The van der Waals surface area contributed by atoms with Gasteiger partial charge in [-0.3, -0.25) is 4.79 Å². The molecule has 0 radical (unpaired) electrons. The summed E-state index contributed by atoms with van der Waals surface area (Å²) in [5, 5.41) is 14.2. The van der Waals surface area contributed by atoms with E-state index in [-0.39, 0.29) is 11.7 Å². The first kappa shape index (κ1) is 13.6. The van der Waals surface area contributed by atoms with Crippen molar-refractivity contribution < 1.29 is 14.4 Å². The second-order valence-corrected chi connectivity index (χ2v) is 4.17. The van der Waals surface area contributed by atoms with E-state index in [1.807, 2.05) is 6.92 Å². The zero-order valence-corrected chi connectivity index (χ0v) is 10.9. The van der Waals surface area contributed by atoms with E-state index in [9.17, 15) is 4.79 Å². The molecule has 0 aliphatic carbocycles. The quantitative estimate of drug-likeness (QED) is 0.333. The minimum atomic E-state index is -0.487. The van der Waals surface area contributed by atoms with Gasteiger partial charge in [-0.15, -0.1) is 0 Å². The van der Waals surface area contributed by atoms with Crippen LogP contribution in [0.25, 0.3) is 0 Å². The normalized spacial score (nSPS) is 13.4. The predicted molar refractivity (Wildman–Crippen MR) is 66.0 cm³/mol. The molecule has 0 saturated heterocycles. The van der Waals surface area contributed by atoms with Gasteiger partial charge in [0.15, 0.2) is 10.5 Å². The van der Waals surface area contributed by atoms with Gasteiger partial charge in [0.05, 0.1) is 17.9 Å². The fourth-order valence-electron chi connectivity index (χ4n) is 1.34. The van der Waals surface area contributed by atoms with Gasteiger partial charge in [0, 0.05) is 0 Å². The number of amidine groups is 1. The molecule has 1 aromatic heterocycles. The average Bonchev–Trinajstić information content (AvgIpc) is 2.73. The summed E-state index contributed by atoms with van der Waals surface area (Å²) in [5.41, 5.74) is 5.87. The van der Waals surface area contributed by atoms with Crippen LogP contribution in [0.15, 0.2) is 26.6 Å². The predicted octanol–water partition coefficient (Wildman–Crippen LogP) is 1.69. The van der Waals surface area contributed by atoms with Crippen molar-refractivity contribution in [3.8, 4) is 0 Å². The minimum absolute atomic E-state index is 0.0141. The molecule has 94 valence electrons. The molecule has 0 aliphatic heterocycles. The highest BCUT2D eigenvalue weighted by Gasteiger charge is 2.19. The lowest BCUT2D eigenvalue weighted by Crippen LogP contribution is -2.44. The number of halogens is 1. The van der Waals surface area contributed by atoms with E-state index in [0.29, 0.717) is 16.7 Å². The van der Waals surface area contributed by atoms with Crippen LogP contribution in [0.2, 0.25) is 0 Å². The van der Waals surface area contributed by atoms with Crippen LogP contribution in [-0.4, -0.2) is 23.0 Å². The first-order valence-electron chi connectivity index (χ1n) is 5.11. The summed E-state index contributed by atoms with van der Waals surface area (Å²) in [7, 11) is 0. The number of nitrogens with two attached hydrogens (primary N) is 1. The molecule has 6 nitrogen and oxygen atoms in total. The van der Waals surface area contributed by atoms with Crippen LogP contribution in [0.3, 0.4) is 0 Å². The number of nitrogens with zero attached hydrogens (tertiary/aromatic N) is 1. The van der Waals surface area contributed by atoms with Crippen molar-refractivity contribution in [1.82, 2.24) is 5.32 Å². The van der Waals surface area contributed by atoms with Crippen molar-refractivity contribution >= 4 is 27.7 Å². The van der Waals surface area contributed by atoms with Gasteiger partial charge >= 0.3 is 0 Å². The van der Waals surface area contributed by atoms with Gasteiger partial charge in [-0.1, -0.05) is 18.5 Å². The molecular formula is C10H14BrN3O3. The third-order valence-electron chi connectivity index (χ3n) is 2.22. The molecule has 0 saturated carbocycles. The van der Waals surface area contributed by atoms with E-state index in [0.717, 1.165) is 6.42 Å². The molecule has 1 rings (SSSR count). The molecule has 0 fully saturated rings. The molecule has 1 aromatic rings. The number of rotatable bonds is 5. The van der Waals surface area contributed by atoms with E-state index >= 15 is 0 Å². The zero-order chi connectivity index (χ0) is 12.8. The van der Waals surface area contributed by atoms with Crippen molar-refractivity contribution in [3.63, 3.8) is 0 Å². The van der Waals surface area contributed by atoms with Crippen LogP contribution in [0.4, 0.5) is 0 Å². The van der Waals surface area contributed by atoms with Gasteiger partial charge in [-0.2, -0.15) is 0 Å². The Balaban J connectivity index is 2.74. The summed E-state index contributed by atoms with van der Waals surface area (Å²) < 4.78 is 5.31. The minimum Gasteiger partial charge on any atom is -0.457 e. The molecule has 7 heteroatoms. The van der Waals surface area contributed by atoms with Crippen LogP contribution in [-0.2, 0) is 0 Å². The highest BCUT2D eigenvalue weighted by molar-refractivity contribution is 9.10. The highest BCUT2D eigenvalue weighted by atomic mass is 79.9. The summed E-state index contributed by atoms with van der Waals surface area (Å²) in [6.45, 7) is 1.94. The fourth-order valence-corrected chi connectivity index (χ4v) is 1.76. The van der Waals surface area contributed by atoms with E-state index in [4.69, 9.17) is 15.4 Å². The van der Waals surface area contributed by atoms with Crippen molar-refractivity contribution in [2.24, 2.45) is 10.9 Å². The fraction of sp³-hybridized carbons (Fsp3) is 0.400. The molecule has 1 unspecified atom stereocenters. The Bertz CT molecular complexity index is 417. The van der Waals surface area contributed by atoms with Crippen LogP contribution in [0.5, 0.6) is 0 Å². The monoisotopic (exact) mass is 303 g/mol. The third-order valence-corrected chi connectivity index (χ3v) is 2.83. The summed E-state index contributed by atoms with van der Waals surface area (Å²) in [5.74, 6) is -0.351. The Hall–Kier alpha value is -1.50. The highest BCUT2D eigenvalue weighted by Crippen LogP contribution is 2.17. The Morgan fingerprint density at radius 1 is 1.76 bits per heavy atom. The number of carbonyl (C=O) groups excluding carboxylic acids is 1. The Kier molecular flexibility index (Phi) is 5.02. The molecule has 0 bridgehead atoms. The van der Waals surface area contributed by atoms with Crippen LogP contribution in [0.1, 0.15) is 30.1 Å².